The van der Waals surface area contributed by atoms with Gasteiger partial charge in [0.1, 0.15) is 0 Å². The Kier molecular flexibility index (Phi) is 9.15. The molecule has 2 atom stereocenters. The fourth-order valence-electron chi connectivity index (χ4n) is 2.92. The fraction of sp³-hybridized carbons (Fsp3) is 0.562. The molecule has 25 heavy (non-hydrogen) atoms. The molecular weight excluding hydrogens is 403 g/mol. The van der Waals surface area contributed by atoms with E-state index >= 15 is 0 Å². The molecule has 0 bridgehead atoms. The van der Waals surface area contributed by atoms with Gasteiger partial charge < -0.3 is 20.3 Å². The number of hydrogen-bond acceptors (Lipinski definition) is 5. The maximum absolute atomic E-state index is 9.49. The third-order valence-electron chi connectivity index (χ3n) is 3.97. The largest absolute Gasteiger partial charge is 0.393 e. The van der Waals surface area contributed by atoms with Gasteiger partial charge >= 0.3 is 0 Å². The number of benzene rings is 1. The molecule has 1 aromatic carbocycles. The lowest BCUT2D eigenvalue weighted by atomic mass is 10.2. The Balaban J connectivity index is 0.00000156. The zero-order valence-corrected chi connectivity index (χ0v) is 17.5. The van der Waals surface area contributed by atoms with Crippen molar-refractivity contribution in [2.24, 2.45) is 0 Å². The van der Waals surface area contributed by atoms with Gasteiger partial charge in [-0.2, -0.15) is 0 Å². The number of piperazine rings is 1. The van der Waals surface area contributed by atoms with Crippen molar-refractivity contribution in [1.29, 1.82) is 0 Å². The van der Waals surface area contributed by atoms with Crippen LogP contribution in [0.15, 0.2) is 17.3 Å². The van der Waals surface area contributed by atoms with Crippen molar-refractivity contribution in [2.45, 2.75) is 36.8 Å². The number of hydrogen-bond donors (Lipinski definition) is 3. The zero-order chi connectivity index (χ0) is 16.4. The number of halogens is 3. The quantitative estimate of drug-likeness (QED) is 0.635. The molecule has 0 radical (unpaired) electrons. The van der Waals surface area contributed by atoms with Crippen LogP contribution in [0.5, 0.6) is 0 Å². The van der Waals surface area contributed by atoms with E-state index in [1.807, 2.05) is 13.0 Å². The first-order valence-corrected chi connectivity index (χ1v) is 9.28. The Hall–Kier alpha value is -0.370. The average molecular weight is 428 g/mol. The minimum absolute atomic E-state index is 0. The van der Waals surface area contributed by atoms with Crippen LogP contribution in [0.25, 0.3) is 11.0 Å². The number of imidazole rings is 1. The van der Waals surface area contributed by atoms with Gasteiger partial charge in [-0.3, -0.25) is 0 Å². The number of thioether (sulfide) groups is 1. The number of nitrogens with zero attached hydrogens (tertiary/aromatic N) is 2. The number of rotatable bonds is 5. The lowest BCUT2D eigenvalue weighted by molar-refractivity contribution is 0.185. The Bertz CT molecular complexity index is 677. The Morgan fingerprint density at radius 1 is 1.28 bits per heavy atom. The zero-order valence-electron chi connectivity index (χ0n) is 14.3. The van der Waals surface area contributed by atoms with Crippen molar-refractivity contribution >= 4 is 64.9 Å². The van der Waals surface area contributed by atoms with Crippen molar-refractivity contribution < 1.29 is 5.11 Å². The molecule has 0 amide bonds. The first-order valence-electron chi connectivity index (χ1n) is 8.02. The van der Waals surface area contributed by atoms with Crippen LogP contribution in [0.3, 0.4) is 0 Å². The molecule has 2 heterocycles. The smallest absolute Gasteiger partial charge is 0.166 e. The Labute approximate surface area is 170 Å². The summed E-state index contributed by atoms with van der Waals surface area (Å²) in [6, 6.07) is 4.04. The van der Waals surface area contributed by atoms with Crippen LogP contribution in [0.4, 0.5) is 5.69 Å². The topological polar surface area (TPSA) is 64.2 Å². The third-order valence-corrected chi connectivity index (χ3v) is 5.29. The summed E-state index contributed by atoms with van der Waals surface area (Å²) in [7, 11) is 0. The minimum atomic E-state index is -0.296. The summed E-state index contributed by atoms with van der Waals surface area (Å²) in [4.78, 5) is 10.3. The van der Waals surface area contributed by atoms with Gasteiger partial charge in [-0.05, 0) is 25.5 Å². The van der Waals surface area contributed by atoms with E-state index in [-0.39, 0.29) is 30.9 Å². The van der Waals surface area contributed by atoms with E-state index in [0.717, 1.165) is 59.5 Å². The van der Waals surface area contributed by atoms with Crippen LogP contribution < -0.4 is 10.2 Å². The molecule has 5 nitrogen and oxygen atoms in total. The van der Waals surface area contributed by atoms with Gasteiger partial charge in [0.05, 0.1) is 27.8 Å². The van der Waals surface area contributed by atoms with E-state index < -0.39 is 0 Å². The number of aliphatic hydroxyl groups is 1. The summed E-state index contributed by atoms with van der Waals surface area (Å²) >= 11 is 8.12. The summed E-state index contributed by atoms with van der Waals surface area (Å²) in [6.45, 7) is 7.81. The minimum Gasteiger partial charge on any atom is -0.393 e. The van der Waals surface area contributed by atoms with Crippen LogP contribution in [-0.2, 0) is 0 Å². The molecule has 0 saturated carbocycles. The number of anilines is 1. The molecule has 3 rings (SSSR count). The van der Waals surface area contributed by atoms with E-state index in [2.05, 4.69) is 33.2 Å². The number of aromatic nitrogens is 2. The lowest BCUT2D eigenvalue weighted by Crippen LogP contribution is -2.43. The molecule has 2 aromatic rings. The van der Waals surface area contributed by atoms with E-state index in [4.69, 9.17) is 11.6 Å². The van der Waals surface area contributed by atoms with Crippen LogP contribution >= 0.6 is 48.2 Å². The van der Waals surface area contributed by atoms with E-state index in [9.17, 15) is 5.11 Å². The maximum Gasteiger partial charge on any atom is 0.166 e. The second kappa shape index (κ2) is 10.1. The summed E-state index contributed by atoms with van der Waals surface area (Å²) < 4.78 is 0. The molecule has 1 aliphatic heterocycles. The summed E-state index contributed by atoms with van der Waals surface area (Å²) in [5.74, 6) is 0. The van der Waals surface area contributed by atoms with Crippen molar-refractivity contribution in [1.82, 2.24) is 15.3 Å². The van der Waals surface area contributed by atoms with Gasteiger partial charge in [0, 0.05) is 31.4 Å². The second-order valence-electron chi connectivity index (χ2n) is 6.11. The van der Waals surface area contributed by atoms with Crippen LogP contribution in [0.1, 0.15) is 20.3 Å². The van der Waals surface area contributed by atoms with Crippen LogP contribution in [-0.4, -0.2) is 52.6 Å². The molecule has 0 unspecified atom stereocenters. The van der Waals surface area contributed by atoms with Crippen molar-refractivity contribution in [3.8, 4) is 0 Å². The lowest BCUT2D eigenvalue weighted by Gasteiger charge is -2.30. The van der Waals surface area contributed by atoms with Crippen molar-refractivity contribution in [2.75, 3.05) is 31.1 Å². The number of aliphatic hydroxyl groups excluding tert-OH is 1. The summed E-state index contributed by atoms with van der Waals surface area (Å²) in [6.07, 6.45) is 0.449. The van der Waals surface area contributed by atoms with Crippen molar-refractivity contribution in [3.63, 3.8) is 0 Å². The van der Waals surface area contributed by atoms with Gasteiger partial charge in [-0.25, -0.2) is 4.98 Å². The van der Waals surface area contributed by atoms with Gasteiger partial charge in [0.2, 0.25) is 0 Å². The second-order valence-corrected chi connectivity index (χ2v) is 7.95. The molecule has 1 saturated heterocycles. The summed E-state index contributed by atoms with van der Waals surface area (Å²) in [5, 5.41) is 14.8. The van der Waals surface area contributed by atoms with E-state index in [1.54, 1.807) is 11.8 Å². The normalized spacial score (nSPS) is 16.9. The van der Waals surface area contributed by atoms with Crippen molar-refractivity contribution in [3.05, 3.63) is 17.2 Å². The first-order chi connectivity index (χ1) is 11.0. The standard InChI is InChI=1S/C16H23ClN4OS.2ClH/c1-10(22)7-11(2)23-16-19-13-8-12(17)15(9-14(13)20-16)21-5-3-18-4-6-21;;/h8-11,18,22H,3-7H2,1-2H3,(H,19,20);2*1H/t10-,11+;;/m1../s1. The average Bonchev–Trinajstić information content (AvgIpc) is 2.87. The molecule has 0 aliphatic carbocycles. The van der Waals surface area contributed by atoms with Gasteiger partial charge in [0.25, 0.3) is 0 Å². The molecule has 3 N–H and O–H groups in total. The number of aromatic amines is 1. The number of H-pyrrole nitrogens is 1. The summed E-state index contributed by atoms with van der Waals surface area (Å²) in [5.41, 5.74) is 2.97. The molecule has 1 fully saturated rings. The van der Waals surface area contributed by atoms with Crippen LogP contribution in [0.2, 0.25) is 5.02 Å². The van der Waals surface area contributed by atoms with Gasteiger partial charge in [-0.1, -0.05) is 30.3 Å². The van der Waals surface area contributed by atoms with Gasteiger partial charge in [-0.15, -0.1) is 24.8 Å². The predicted molar refractivity (Wildman–Crippen MR) is 112 cm³/mol. The first kappa shape index (κ1) is 22.7. The fourth-order valence-corrected chi connectivity index (χ4v) is 4.27. The van der Waals surface area contributed by atoms with E-state index in [0.29, 0.717) is 5.25 Å². The monoisotopic (exact) mass is 426 g/mol. The Morgan fingerprint density at radius 3 is 2.60 bits per heavy atom. The SMILES string of the molecule is C[C@@H](O)C[C@H](C)Sc1nc2cc(Cl)c(N3CCNCC3)cc2[nH]1.Cl.Cl. The highest BCUT2D eigenvalue weighted by atomic mass is 35.5. The molecular formula is C16H25Cl3N4OS. The number of fused-ring (bicyclic) bond motifs is 1. The maximum atomic E-state index is 9.49. The van der Waals surface area contributed by atoms with Gasteiger partial charge in [0.15, 0.2) is 5.16 Å². The molecule has 1 aliphatic rings. The number of nitrogens with one attached hydrogen (secondary N) is 2. The predicted octanol–water partition coefficient (Wildman–Crippen LogP) is 3.72. The highest BCUT2D eigenvalue weighted by molar-refractivity contribution is 7.99. The molecule has 1 aromatic heterocycles. The van der Waals surface area contributed by atoms with Crippen LogP contribution in [0, 0.1) is 0 Å². The molecule has 0 spiro atoms. The van der Waals surface area contributed by atoms with E-state index in [1.165, 1.54) is 0 Å². The molecule has 9 heteroatoms. The highest BCUT2D eigenvalue weighted by Gasteiger charge is 2.17. The highest BCUT2D eigenvalue weighted by Crippen LogP contribution is 2.32. The third kappa shape index (κ3) is 5.81. The molecule has 142 valence electrons. The Morgan fingerprint density at radius 2 is 1.96 bits per heavy atom.